The zero-order valence-corrected chi connectivity index (χ0v) is 13.7. The van der Waals surface area contributed by atoms with Gasteiger partial charge in [0.2, 0.25) is 0 Å². The molecule has 7 heteroatoms. The van der Waals surface area contributed by atoms with Crippen molar-refractivity contribution in [2.24, 2.45) is 0 Å². The molecule has 5 nitrogen and oxygen atoms in total. The van der Waals surface area contributed by atoms with Crippen molar-refractivity contribution in [2.45, 2.75) is 19.1 Å². The number of ether oxygens (including phenoxy) is 1. The molecule has 0 amide bonds. The van der Waals surface area contributed by atoms with Crippen LogP contribution >= 0.6 is 11.6 Å². The van der Waals surface area contributed by atoms with E-state index in [1.807, 2.05) is 6.92 Å². The molecule has 0 saturated carbocycles. The Bertz CT molecular complexity index is 682. The zero-order chi connectivity index (χ0) is 16.4. The summed E-state index contributed by atoms with van der Waals surface area (Å²) in [5.74, 6) is 0.490. The quantitative estimate of drug-likeness (QED) is 0.872. The van der Waals surface area contributed by atoms with Gasteiger partial charge in [0.15, 0.2) is 11.0 Å². The van der Waals surface area contributed by atoms with E-state index in [0.717, 1.165) is 11.4 Å². The summed E-state index contributed by atoms with van der Waals surface area (Å²) in [4.78, 5) is 10.5. The summed E-state index contributed by atoms with van der Waals surface area (Å²) in [6, 6.07) is 6.40. The summed E-state index contributed by atoms with van der Waals surface area (Å²) < 4.78 is 19.1. The highest BCUT2D eigenvalue weighted by atomic mass is 35.5. The number of halogens is 2. The van der Waals surface area contributed by atoms with Gasteiger partial charge < -0.3 is 15.0 Å². The number of hydrogen-bond acceptors (Lipinski definition) is 5. The van der Waals surface area contributed by atoms with Gasteiger partial charge in [-0.2, -0.15) is 0 Å². The van der Waals surface area contributed by atoms with E-state index in [4.69, 9.17) is 16.3 Å². The fourth-order valence-electron chi connectivity index (χ4n) is 2.80. The lowest BCUT2D eigenvalue weighted by Crippen LogP contribution is -2.43. The summed E-state index contributed by atoms with van der Waals surface area (Å²) in [6.45, 7) is 3.31. The Morgan fingerprint density at radius 2 is 2.00 bits per heavy atom. The van der Waals surface area contributed by atoms with Gasteiger partial charge in [-0.1, -0.05) is 23.7 Å². The SMILES string of the molecule is CNc1c(Cl)ncnc1N1CC(C)OC(c2ccc(F)cc2)C1. The molecule has 2 aromatic rings. The van der Waals surface area contributed by atoms with Crippen LogP contribution in [0.15, 0.2) is 30.6 Å². The fraction of sp³-hybridized carbons (Fsp3) is 0.375. The first-order valence-electron chi connectivity index (χ1n) is 7.42. The average Bonchev–Trinajstić information content (AvgIpc) is 2.54. The van der Waals surface area contributed by atoms with Crippen LogP contribution in [0, 0.1) is 5.82 Å². The van der Waals surface area contributed by atoms with E-state index < -0.39 is 0 Å². The Hall–Kier alpha value is -1.92. The van der Waals surface area contributed by atoms with Crippen LogP contribution in [0.5, 0.6) is 0 Å². The predicted octanol–water partition coefficient (Wildman–Crippen LogP) is 3.28. The summed E-state index contributed by atoms with van der Waals surface area (Å²) >= 11 is 6.14. The molecule has 0 spiro atoms. The van der Waals surface area contributed by atoms with Crippen molar-refractivity contribution in [3.63, 3.8) is 0 Å². The van der Waals surface area contributed by atoms with E-state index in [-0.39, 0.29) is 18.0 Å². The molecule has 3 rings (SSSR count). The minimum absolute atomic E-state index is 0.0113. The van der Waals surface area contributed by atoms with Gasteiger partial charge in [0.05, 0.1) is 6.10 Å². The lowest BCUT2D eigenvalue weighted by Gasteiger charge is -2.38. The molecule has 0 radical (unpaired) electrons. The minimum Gasteiger partial charge on any atom is -0.383 e. The molecule has 1 aliphatic heterocycles. The normalized spacial score (nSPS) is 21.3. The van der Waals surface area contributed by atoms with Gasteiger partial charge in [0, 0.05) is 20.1 Å². The van der Waals surface area contributed by atoms with Gasteiger partial charge in [-0.25, -0.2) is 14.4 Å². The number of benzene rings is 1. The van der Waals surface area contributed by atoms with Crippen molar-refractivity contribution in [3.05, 3.63) is 47.1 Å². The van der Waals surface area contributed by atoms with E-state index in [9.17, 15) is 4.39 Å². The third kappa shape index (κ3) is 3.38. The Kier molecular flexibility index (Phi) is 4.63. The van der Waals surface area contributed by atoms with Gasteiger partial charge in [-0.15, -0.1) is 0 Å². The van der Waals surface area contributed by atoms with Crippen LogP contribution in [0.25, 0.3) is 0 Å². The molecule has 1 N–H and O–H groups in total. The van der Waals surface area contributed by atoms with E-state index in [0.29, 0.717) is 23.9 Å². The van der Waals surface area contributed by atoms with Crippen molar-refractivity contribution in [3.8, 4) is 0 Å². The lowest BCUT2D eigenvalue weighted by molar-refractivity contribution is -0.0176. The molecule has 2 unspecified atom stereocenters. The van der Waals surface area contributed by atoms with Crippen LogP contribution in [-0.4, -0.2) is 36.2 Å². The number of nitrogens with one attached hydrogen (secondary N) is 1. The van der Waals surface area contributed by atoms with Crippen LogP contribution in [0.3, 0.4) is 0 Å². The Balaban J connectivity index is 1.89. The number of nitrogens with zero attached hydrogens (tertiary/aromatic N) is 3. The maximum absolute atomic E-state index is 13.1. The van der Waals surface area contributed by atoms with E-state index in [1.54, 1.807) is 19.2 Å². The van der Waals surface area contributed by atoms with Crippen LogP contribution < -0.4 is 10.2 Å². The molecule has 1 aromatic heterocycles. The second-order valence-electron chi connectivity index (χ2n) is 5.50. The first kappa shape index (κ1) is 16.0. The Morgan fingerprint density at radius 3 is 2.70 bits per heavy atom. The summed E-state index contributed by atoms with van der Waals surface area (Å²) in [5.41, 5.74) is 1.63. The smallest absolute Gasteiger partial charge is 0.157 e. The first-order valence-corrected chi connectivity index (χ1v) is 7.80. The first-order chi connectivity index (χ1) is 11.1. The third-order valence-corrected chi connectivity index (χ3v) is 4.12. The lowest BCUT2D eigenvalue weighted by atomic mass is 10.1. The van der Waals surface area contributed by atoms with Gasteiger partial charge in [-0.3, -0.25) is 0 Å². The molecule has 1 fully saturated rings. The molecular formula is C16H18ClFN4O. The maximum Gasteiger partial charge on any atom is 0.157 e. The Labute approximate surface area is 139 Å². The second kappa shape index (κ2) is 6.68. The van der Waals surface area contributed by atoms with Gasteiger partial charge in [0.25, 0.3) is 0 Å². The molecule has 2 atom stereocenters. The molecule has 122 valence electrons. The predicted molar refractivity (Wildman–Crippen MR) is 88.5 cm³/mol. The highest BCUT2D eigenvalue weighted by Crippen LogP contribution is 2.33. The van der Waals surface area contributed by atoms with Crippen molar-refractivity contribution >= 4 is 23.1 Å². The molecular weight excluding hydrogens is 319 g/mol. The van der Waals surface area contributed by atoms with Crippen LogP contribution in [0.2, 0.25) is 5.15 Å². The highest BCUT2D eigenvalue weighted by Gasteiger charge is 2.29. The number of hydrogen-bond donors (Lipinski definition) is 1. The van der Waals surface area contributed by atoms with Crippen LogP contribution in [-0.2, 0) is 4.74 Å². The molecule has 1 aliphatic rings. The molecule has 2 heterocycles. The fourth-order valence-corrected chi connectivity index (χ4v) is 3.02. The topological polar surface area (TPSA) is 50.3 Å². The zero-order valence-electron chi connectivity index (χ0n) is 13.0. The van der Waals surface area contributed by atoms with Crippen LogP contribution in [0.4, 0.5) is 15.9 Å². The second-order valence-corrected chi connectivity index (χ2v) is 5.86. The van der Waals surface area contributed by atoms with E-state index >= 15 is 0 Å². The number of rotatable bonds is 3. The standard InChI is InChI=1S/C16H18ClFN4O/c1-10-7-22(16-14(19-2)15(17)20-9-21-16)8-13(23-10)11-3-5-12(18)6-4-11/h3-6,9-10,13,19H,7-8H2,1-2H3. The summed E-state index contributed by atoms with van der Waals surface area (Å²) in [5, 5.41) is 3.43. The van der Waals surface area contributed by atoms with Crippen molar-refractivity contribution < 1.29 is 9.13 Å². The van der Waals surface area contributed by atoms with E-state index in [1.165, 1.54) is 18.5 Å². The van der Waals surface area contributed by atoms with Crippen molar-refractivity contribution in [2.75, 3.05) is 30.4 Å². The molecule has 0 bridgehead atoms. The number of aromatic nitrogens is 2. The average molecular weight is 337 g/mol. The molecule has 1 saturated heterocycles. The number of anilines is 2. The largest absolute Gasteiger partial charge is 0.383 e. The van der Waals surface area contributed by atoms with Crippen molar-refractivity contribution in [1.82, 2.24) is 9.97 Å². The highest BCUT2D eigenvalue weighted by molar-refractivity contribution is 6.32. The summed E-state index contributed by atoms with van der Waals surface area (Å²) in [7, 11) is 1.79. The third-order valence-electron chi connectivity index (χ3n) is 3.83. The van der Waals surface area contributed by atoms with Gasteiger partial charge >= 0.3 is 0 Å². The maximum atomic E-state index is 13.1. The molecule has 23 heavy (non-hydrogen) atoms. The Morgan fingerprint density at radius 1 is 1.26 bits per heavy atom. The minimum atomic E-state index is -0.255. The van der Waals surface area contributed by atoms with Crippen LogP contribution in [0.1, 0.15) is 18.6 Å². The molecule has 0 aliphatic carbocycles. The monoisotopic (exact) mass is 336 g/mol. The summed E-state index contributed by atoms with van der Waals surface area (Å²) in [6.07, 6.45) is 1.31. The van der Waals surface area contributed by atoms with Gasteiger partial charge in [-0.05, 0) is 24.6 Å². The van der Waals surface area contributed by atoms with E-state index in [2.05, 4.69) is 20.2 Å². The molecule has 1 aromatic carbocycles. The van der Waals surface area contributed by atoms with Crippen molar-refractivity contribution in [1.29, 1.82) is 0 Å². The van der Waals surface area contributed by atoms with Gasteiger partial charge in [0.1, 0.15) is 23.9 Å². The number of morpholine rings is 1.